The first kappa shape index (κ1) is 13.9. The molecule has 1 aromatic rings. The van der Waals surface area contributed by atoms with E-state index in [-0.39, 0.29) is 17.1 Å². The highest BCUT2D eigenvalue weighted by molar-refractivity contribution is 8.00. The summed E-state index contributed by atoms with van der Waals surface area (Å²) in [4.78, 5) is 12.5. The van der Waals surface area contributed by atoms with Crippen LogP contribution in [-0.2, 0) is 9.53 Å². The zero-order chi connectivity index (χ0) is 13.0. The summed E-state index contributed by atoms with van der Waals surface area (Å²) in [5, 5.41) is 0.131. The van der Waals surface area contributed by atoms with E-state index in [0.717, 1.165) is 16.1 Å². The normalized spacial score (nSPS) is 14.1. The molecule has 0 spiro atoms. The van der Waals surface area contributed by atoms with Gasteiger partial charge in [-0.25, -0.2) is 0 Å². The second-order valence-electron chi connectivity index (χ2n) is 4.12. The topological polar surface area (TPSA) is 52.3 Å². The lowest BCUT2D eigenvalue weighted by atomic mass is 10.1. The Balaban J connectivity index is 2.77. The fourth-order valence-corrected chi connectivity index (χ4v) is 2.60. The van der Waals surface area contributed by atoms with Gasteiger partial charge in [0.25, 0.3) is 0 Å². The maximum atomic E-state index is 11.4. The lowest BCUT2D eigenvalue weighted by molar-refractivity contribution is -0.144. The summed E-state index contributed by atoms with van der Waals surface area (Å²) in [5.41, 5.74) is 7.86. The van der Waals surface area contributed by atoms with Crippen molar-refractivity contribution < 1.29 is 9.53 Å². The van der Waals surface area contributed by atoms with Crippen molar-refractivity contribution in [1.82, 2.24) is 0 Å². The SMILES string of the molecule is COC(=O)C(C)C(C)Sc1cccc(C)c1N. The van der Waals surface area contributed by atoms with Crippen LogP contribution in [-0.4, -0.2) is 18.3 Å². The molecule has 2 atom stereocenters. The van der Waals surface area contributed by atoms with Crippen molar-refractivity contribution >= 4 is 23.4 Å². The van der Waals surface area contributed by atoms with Gasteiger partial charge in [0.05, 0.1) is 13.0 Å². The highest BCUT2D eigenvalue weighted by Gasteiger charge is 2.22. The summed E-state index contributed by atoms with van der Waals surface area (Å²) in [6, 6.07) is 5.94. The molecule has 0 aliphatic heterocycles. The molecular formula is C13H19NO2S. The smallest absolute Gasteiger partial charge is 0.309 e. The number of carbonyl (C=O) groups excluding carboxylic acids is 1. The van der Waals surface area contributed by atoms with E-state index >= 15 is 0 Å². The number of rotatable bonds is 4. The van der Waals surface area contributed by atoms with Crippen LogP contribution >= 0.6 is 11.8 Å². The number of nitrogen functional groups attached to an aromatic ring is 1. The molecule has 0 amide bonds. The zero-order valence-electron chi connectivity index (χ0n) is 10.7. The molecule has 2 unspecified atom stereocenters. The van der Waals surface area contributed by atoms with Crippen LogP contribution in [0.15, 0.2) is 23.1 Å². The van der Waals surface area contributed by atoms with Crippen molar-refractivity contribution in [1.29, 1.82) is 0 Å². The van der Waals surface area contributed by atoms with E-state index in [1.807, 2.05) is 39.0 Å². The minimum absolute atomic E-state index is 0.131. The average molecular weight is 253 g/mol. The number of benzene rings is 1. The Labute approximate surface area is 107 Å². The second kappa shape index (κ2) is 5.96. The van der Waals surface area contributed by atoms with E-state index in [0.29, 0.717) is 0 Å². The van der Waals surface area contributed by atoms with Gasteiger partial charge in [-0.2, -0.15) is 0 Å². The van der Waals surface area contributed by atoms with E-state index in [4.69, 9.17) is 10.5 Å². The third kappa shape index (κ3) is 3.40. The minimum Gasteiger partial charge on any atom is -0.469 e. The van der Waals surface area contributed by atoms with Crippen molar-refractivity contribution in [3.05, 3.63) is 23.8 Å². The van der Waals surface area contributed by atoms with E-state index in [1.54, 1.807) is 11.8 Å². The number of methoxy groups -OCH3 is 1. The lowest BCUT2D eigenvalue weighted by Crippen LogP contribution is -2.22. The summed E-state index contributed by atoms with van der Waals surface area (Å²) in [7, 11) is 1.41. The highest BCUT2D eigenvalue weighted by atomic mass is 32.2. The number of hydrogen-bond acceptors (Lipinski definition) is 4. The Morgan fingerprint density at radius 3 is 2.65 bits per heavy atom. The maximum Gasteiger partial charge on any atom is 0.309 e. The van der Waals surface area contributed by atoms with Gasteiger partial charge in [-0.3, -0.25) is 4.79 Å². The zero-order valence-corrected chi connectivity index (χ0v) is 11.5. The van der Waals surface area contributed by atoms with E-state index in [1.165, 1.54) is 7.11 Å². The Morgan fingerprint density at radius 1 is 1.41 bits per heavy atom. The predicted octanol–water partition coefficient (Wildman–Crippen LogP) is 2.87. The Morgan fingerprint density at radius 2 is 2.06 bits per heavy atom. The molecule has 0 fully saturated rings. The molecule has 3 nitrogen and oxygen atoms in total. The van der Waals surface area contributed by atoms with Gasteiger partial charge in [0.2, 0.25) is 0 Å². The quantitative estimate of drug-likeness (QED) is 0.509. The number of esters is 1. The Kier molecular flexibility index (Phi) is 4.87. The Bertz CT molecular complexity index is 406. The maximum absolute atomic E-state index is 11.4. The number of hydrogen-bond donors (Lipinski definition) is 1. The third-order valence-corrected chi connectivity index (χ3v) is 4.26. The van der Waals surface area contributed by atoms with Gasteiger partial charge in [0.1, 0.15) is 0 Å². The largest absolute Gasteiger partial charge is 0.469 e. The second-order valence-corrected chi connectivity index (χ2v) is 5.54. The fraction of sp³-hybridized carbons (Fsp3) is 0.462. The molecule has 0 bridgehead atoms. The van der Waals surface area contributed by atoms with Gasteiger partial charge in [-0.15, -0.1) is 11.8 Å². The summed E-state index contributed by atoms with van der Waals surface area (Å²) < 4.78 is 4.74. The van der Waals surface area contributed by atoms with Crippen LogP contribution in [0.25, 0.3) is 0 Å². The molecule has 0 radical (unpaired) electrons. The van der Waals surface area contributed by atoms with Crippen LogP contribution in [0.3, 0.4) is 0 Å². The molecular weight excluding hydrogens is 234 g/mol. The molecule has 0 aliphatic rings. The van der Waals surface area contributed by atoms with Crippen LogP contribution in [0, 0.1) is 12.8 Å². The predicted molar refractivity (Wildman–Crippen MR) is 72.1 cm³/mol. The number of thioether (sulfide) groups is 1. The van der Waals surface area contributed by atoms with Gasteiger partial charge in [-0.1, -0.05) is 26.0 Å². The van der Waals surface area contributed by atoms with Crippen molar-refractivity contribution in [2.24, 2.45) is 5.92 Å². The first-order chi connectivity index (χ1) is 7.97. The average Bonchev–Trinajstić information content (AvgIpc) is 2.32. The monoisotopic (exact) mass is 253 g/mol. The molecule has 0 saturated carbocycles. The van der Waals surface area contributed by atoms with Crippen molar-refractivity contribution in [3.8, 4) is 0 Å². The summed E-state index contributed by atoms with van der Waals surface area (Å²) >= 11 is 1.61. The number of nitrogens with two attached hydrogens (primary N) is 1. The van der Waals surface area contributed by atoms with Gasteiger partial charge in [0, 0.05) is 15.8 Å². The van der Waals surface area contributed by atoms with Crippen LogP contribution in [0.4, 0.5) is 5.69 Å². The van der Waals surface area contributed by atoms with E-state index in [9.17, 15) is 4.79 Å². The summed E-state index contributed by atoms with van der Waals surface area (Å²) in [5.74, 6) is -0.332. The fourth-order valence-electron chi connectivity index (χ4n) is 1.44. The van der Waals surface area contributed by atoms with Crippen molar-refractivity contribution in [2.45, 2.75) is 30.9 Å². The summed E-state index contributed by atoms with van der Waals surface area (Å²) in [6.45, 7) is 5.86. The number of anilines is 1. The molecule has 1 aromatic carbocycles. The van der Waals surface area contributed by atoms with Crippen LogP contribution < -0.4 is 5.73 Å². The van der Waals surface area contributed by atoms with E-state index in [2.05, 4.69) is 0 Å². The van der Waals surface area contributed by atoms with Crippen molar-refractivity contribution in [2.75, 3.05) is 12.8 Å². The molecule has 0 aliphatic carbocycles. The van der Waals surface area contributed by atoms with Gasteiger partial charge >= 0.3 is 5.97 Å². The standard InChI is InChI=1S/C13H19NO2S/c1-8-6-5-7-11(12(8)14)17-10(3)9(2)13(15)16-4/h5-7,9-10H,14H2,1-4H3. The molecule has 1 rings (SSSR count). The number of para-hydroxylation sites is 1. The molecule has 4 heteroatoms. The molecule has 0 heterocycles. The van der Waals surface area contributed by atoms with Gasteiger partial charge in [-0.05, 0) is 18.6 Å². The highest BCUT2D eigenvalue weighted by Crippen LogP contribution is 2.33. The lowest BCUT2D eigenvalue weighted by Gasteiger charge is -2.18. The van der Waals surface area contributed by atoms with Crippen molar-refractivity contribution in [3.63, 3.8) is 0 Å². The van der Waals surface area contributed by atoms with Gasteiger partial charge in [0.15, 0.2) is 0 Å². The van der Waals surface area contributed by atoms with Gasteiger partial charge < -0.3 is 10.5 Å². The van der Waals surface area contributed by atoms with E-state index < -0.39 is 0 Å². The molecule has 0 aromatic heterocycles. The van der Waals surface area contributed by atoms with Crippen LogP contribution in [0.5, 0.6) is 0 Å². The number of ether oxygens (including phenoxy) is 1. The first-order valence-electron chi connectivity index (χ1n) is 5.57. The number of aryl methyl sites for hydroxylation is 1. The summed E-state index contributed by atoms with van der Waals surface area (Å²) in [6.07, 6.45) is 0. The molecule has 17 heavy (non-hydrogen) atoms. The van der Waals surface area contributed by atoms with Crippen LogP contribution in [0.1, 0.15) is 19.4 Å². The Hall–Kier alpha value is -1.16. The minimum atomic E-state index is -0.184. The molecule has 2 N–H and O–H groups in total. The first-order valence-corrected chi connectivity index (χ1v) is 6.45. The molecule has 0 saturated heterocycles. The number of carbonyl (C=O) groups is 1. The van der Waals surface area contributed by atoms with Crippen LogP contribution in [0.2, 0.25) is 0 Å². The molecule has 94 valence electrons. The third-order valence-electron chi connectivity index (χ3n) is 2.87.